The number of anilines is 3. The first-order chi connectivity index (χ1) is 14.2. The lowest BCUT2D eigenvalue weighted by molar-refractivity contribution is 0.0662. The van der Waals surface area contributed by atoms with Gasteiger partial charge in [0.2, 0.25) is 5.95 Å². The number of nitrogens with two attached hydrogens (primary N) is 1. The fraction of sp³-hybridized carbons (Fsp3) is 0.400. The molecule has 2 aromatic rings. The number of ether oxygens (including phenoxy) is 1. The summed E-state index contributed by atoms with van der Waals surface area (Å²) in [5.74, 6) is 0.218. The molecule has 0 radical (unpaired) electrons. The lowest BCUT2D eigenvalue weighted by Crippen LogP contribution is -2.19. The van der Waals surface area contributed by atoms with Crippen molar-refractivity contribution in [1.29, 1.82) is 0 Å². The number of hydrogen-bond donors (Lipinski definition) is 3. The number of carbonyl (C=O) groups is 1. The minimum atomic E-state index is -0.568. The minimum absolute atomic E-state index is 0.261. The maximum Gasteiger partial charge on any atom is 0.254 e. The van der Waals surface area contributed by atoms with Crippen LogP contribution in [-0.2, 0) is 4.74 Å². The van der Waals surface area contributed by atoms with Crippen LogP contribution in [0, 0.1) is 0 Å². The zero-order valence-corrected chi connectivity index (χ0v) is 16.2. The van der Waals surface area contributed by atoms with Crippen LogP contribution in [0.3, 0.4) is 0 Å². The van der Waals surface area contributed by atoms with Gasteiger partial charge in [-0.15, -0.1) is 0 Å². The SMILES string of the molecule is NC(=O)c1cnc(Nc2cnn(C3CCOCC3)c2)nc1NCC=C1CC=CC1. The van der Waals surface area contributed by atoms with Crippen molar-refractivity contribution in [3.05, 3.63) is 48.0 Å². The van der Waals surface area contributed by atoms with Crippen molar-refractivity contribution in [2.45, 2.75) is 31.7 Å². The van der Waals surface area contributed by atoms with E-state index in [1.165, 1.54) is 11.8 Å². The van der Waals surface area contributed by atoms with Crippen LogP contribution in [0.4, 0.5) is 17.5 Å². The smallest absolute Gasteiger partial charge is 0.254 e. The summed E-state index contributed by atoms with van der Waals surface area (Å²) in [4.78, 5) is 20.4. The summed E-state index contributed by atoms with van der Waals surface area (Å²) in [6.07, 6.45) is 15.4. The lowest BCUT2D eigenvalue weighted by Gasteiger charge is -2.22. The van der Waals surface area contributed by atoms with Gasteiger partial charge >= 0.3 is 0 Å². The average Bonchev–Trinajstić information content (AvgIpc) is 3.41. The van der Waals surface area contributed by atoms with E-state index in [1.807, 2.05) is 10.9 Å². The summed E-state index contributed by atoms with van der Waals surface area (Å²) in [6.45, 7) is 2.08. The Balaban J connectivity index is 1.45. The molecule has 1 saturated heterocycles. The normalized spacial score (nSPS) is 16.8. The molecule has 1 aliphatic heterocycles. The van der Waals surface area contributed by atoms with Gasteiger partial charge in [0.1, 0.15) is 5.82 Å². The number of nitrogens with one attached hydrogen (secondary N) is 2. The molecule has 0 unspecified atom stereocenters. The highest BCUT2D eigenvalue weighted by molar-refractivity contribution is 5.97. The predicted octanol–water partition coefficient (Wildman–Crippen LogP) is 2.56. The van der Waals surface area contributed by atoms with E-state index in [1.54, 1.807) is 6.20 Å². The first kappa shape index (κ1) is 19.1. The lowest BCUT2D eigenvalue weighted by atomic mass is 10.1. The number of rotatable bonds is 7. The van der Waals surface area contributed by atoms with Gasteiger partial charge in [0.15, 0.2) is 0 Å². The van der Waals surface area contributed by atoms with E-state index in [0.29, 0.717) is 24.4 Å². The molecule has 0 saturated carbocycles. The van der Waals surface area contributed by atoms with Crippen LogP contribution in [0.15, 0.2) is 42.4 Å². The molecule has 2 aromatic heterocycles. The summed E-state index contributed by atoms with van der Waals surface area (Å²) >= 11 is 0. The molecule has 9 nitrogen and oxygen atoms in total. The number of nitrogens with zero attached hydrogens (tertiary/aromatic N) is 4. The summed E-state index contributed by atoms with van der Waals surface area (Å²) in [5, 5.41) is 10.8. The highest BCUT2D eigenvalue weighted by Gasteiger charge is 2.17. The van der Waals surface area contributed by atoms with Crippen LogP contribution in [-0.4, -0.2) is 45.4 Å². The third-order valence-electron chi connectivity index (χ3n) is 5.06. The highest BCUT2D eigenvalue weighted by atomic mass is 16.5. The molecule has 4 N–H and O–H groups in total. The molecule has 152 valence electrons. The standard InChI is InChI=1S/C20H25N7O2/c21-18(28)17-12-23-20(26-19(17)22-8-5-14-3-1-2-4-14)25-15-11-24-27(13-15)16-6-9-29-10-7-16/h1-2,5,11-13,16H,3-4,6-10H2,(H2,21,28)(H2,22,23,25,26). The van der Waals surface area contributed by atoms with E-state index in [-0.39, 0.29) is 5.56 Å². The Morgan fingerprint density at radius 2 is 2.07 bits per heavy atom. The average molecular weight is 395 g/mol. The van der Waals surface area contributed by atoms with Crippen molar-refractivity contribution in [3.8, 4) is 0 Å². The van der Waals surface area contributed by atoms with Gasteiger partial charge in [0, 0.05) is 32.2 Å². The van der Waals surface area contributed by atoms with Gasteiger partial charge in [-0.1, -0.05) is 23.8 Å². The van der Waals surface area contributed by atoms with Gasteiger partial charge in [-0.3, -0.25) is 9.48 Å². The highest BCUT2D eigenvalue weighted by Crippen LogP contribution is 2.23. The number of carbonyl (C=O) groups excluding carboxylic acids is 1. The molecule has 1 amide bonds. The van der Waals surface area contributed by atoms with Crippen molar-refractivity contribution in [2.75, 3.05) is 30.4 Å². The summed E-state index contributed by atoms with van der Waals surface area (Å²) in [5.41, 5.74) is 7.85. The van der Waals surface area contributed by atoms with E-state index < -0.39 is 5.91 Å². The number of aromatic nitrogens is 4. The molecule has 29 heavy (non-hydrogen) atoms. The van der Waals surface area contributed by atoms with Crippen molar-refractivity contribution in [2.24, 2.45) is 5.73 Å². The van der Waals surface area contributed by atoms with Crippen molar-refractivity contribution in [3.63, 3.8) is 0 Å². The van der Waals surface area contributed by atoms with E-state index in [4.69, 9.17) is 10.5 Å². The van der Waals surface area contributed by atoms with Crippen LogP contribution in [0.5, 0.6) is 0 Å². The second kappa shape index (κ2) is 8.87. The van der Waals surface area contributed by atoms with Gasteiger partial charge < -0.3 is 21.1 Å². The Hall–Kier alpha value is -3.20. The first-order valence-corrected chi connectivity index (χ1v) is 9.81. The molecule has 0 bridgehead atoms. The van der Waals surface area contributed by atoms with Crippen LogP contribution in [0.1, 0.15) is 42.1 Å². The van der Waals surface area contributed by atoms with E-state index >= 15 is 0 Å². The Morgan fingerprint density at radius 1 is 1.28 bits per heavy atom. The second-order valence-corrected chi connectivity index (χ2v) is 7.12. The van der Waals surface area contributed by atoms with Crippen LogP contribution >= 0.6 is 0 Å². The Labute approximate surface area is 169 Å². The van der Waals surface area contributed by atoms with Crippen molar-refractivity contribution >= 4 is 23.4 Å². The number of allylic oxidation sites excluding steroid dienone is 3. The molecular weight excluding hydrogens is 370 g/mol. The van der Waals surface area contributed by atoms with E-state index in [9.17, 15) is 4.79 Å². The summed E-state index contributed by atoms with van der Waals surface area (Å²) < 4.78 is 7.35. The minimum Gasteiger partial charge on any atom is -0.381 e. The predicted molar refractivity (Wildman–Crippen MR) is 110 cm³/mol. The van der Waals surface area contributed by atoms with Gasteiger partial charge in [0.05, 0.1) is 23.5 Å². The van der Waals surface area contributed by atoms with E-state index in [0.717, 1.165) is 44.6 Å². The Kier molecular flexibility index (Phi) is 5.85. The molecule has 9 heteroatoms. The maximum atomic E-state index is 11.7. The molecule has 2 aliphatic rings. The van der Waals surface area contributed by atoms with Gasteiger partial charge in [-0.2, -0.15) is 10.1 Å². The van der Waals surface area contributed by atoms with Gasteiger partial charge in [0.25, 0.3) is 5.91 Å². The van der Waals surface area contributed by atoms with Crippen LogP contribution < -0.4 is 16.4 Å². The first-order valence-electron chi connectivity index (χ1n) is 9.81. The van der Waals surface area contributed by atoms with Crippen LogP contribution in [0.2, 0.25) is 0 Å². The molecule has 0 atom stereocenters. The fourth-order valence-electron chi connectivity index (χ4n) is 3.45. The van der Waals surface area contributed by atoms with Crippen LogP contribution in [0.25, 0.3) is 0 Å². The fourth-order valence-corrected chi connectivity index (χ4v) is 3.45. The molecular formula is C20H25N7O2. The third-order valence-corrected chi connectivity index (χ3v) is 5.06. The number of hydrogen-bond acceptors (Lipinski definition) is 7. The van der Waals surface area contributed by atoms with Gasteiger partial charge in [-0.05, 0) is 25.7 Å². The number of amides is 1. The third kappa shape index (κ3) is 4.80. The second-order valence-electron chi connectivity index (χ2n) is 7.12. The molecule has 0 spiro atoms. The Morgan fingerprint density at radius 3 is 2.83 bits per heavy atom. The molecule has 1 aliphatic carbocycles. The Bertz CT molecular complexity index is 919. The molecule has 4 rings (SSSR count). The molecule has 3 heterocycles. The summed E-state index contributed by atoms with van der Waals surface area (Å²) in [6, 6.07) is 0.341. The monoisotopic (exact) mass is 395 g/mol. The van der Waals surface area contributed by atoms with Crippen molar-refractivity contribution < 1.29 is 9.53 Å². The number of primary amides is 1. The summed E-state index contributed by atoms with van der Waals surface area (Å²) in [7, 11) is 0. The maximum absolute atomic E-state index is 11.7. The zero-order valence-electron chi connectivity index (χ0n) is 16.2. The van der Waals surface area contributed by atoms with E-state index in [2.05, 4.69) is 43.9 Å². The topological polar surface area (TPSA) is 120 Å². The largest absolute Gasteiger partial charge is 0.381 e. The quantitative estimate of drug-likeness (QED) is 0.616. The molecule has 1 fully saturated rings. The van der Waals surface area contributed by atoms with Gasteiger partial charge in [-0.25, -0.2) is 4.98 Å². The molecule has 0 aromatic carbocycles. The zero-order chi connectivity index (χ0) is 20.1. The van der Waals surface area contributed by atoms with Crippen molar-refractivity contribution in [1.82, 2.24) is 19.7 Å².